The molecule has 0 bridgehead atoms. The van der Waals surface area contributed by atoms with Crippen LogP contribution < -0.4 is 0 Å². The molecule has 72 valence electrons. The predicted octanol–water partition coefficient (Wildman–Crippen LogP) is 4.02. The Balaban J connectivity index is 3.30. The maximum absolute atomic E-state index is 12.4. The molecule has 1 rings (SSSR count). The zero-order chi connectivity index (χ0) is 10.0. The molecule has 6 heteroatoms. The summed E-state index contributed by atoms with van der Waals surface area (Å²) in [6.07, 6.45) is -2.63. The third-order valence-electron chi connectivity index (χ3n) is 1.43. The Morgan fingerprint density at radius 3 is 2.62 bits per heavy atom. The molecular weight excluding hydrogens is 334 g/mol. The highest BCUT2D eigenvalue weighted by atomic mass is 127. The SMILES string of the molecule is FC(F)c1c(CCl)cc(I)nc1Cl. The molecule has 0 N–H and O–H groups in total. The van der Waals surface area contributed by atoms with Gasteiger partial charge < -0.3 is 0 Å². The molecule has 0 saturated carbocycles. The molecule has 0 spiro atoms. The zero-order valence-corrected chi connectivity index (χ0v) is 9.87. The van der Waals surface area contributed by atoms with Crippen molar-refractivity contribution in [1.29, 1.82) is 0 Å². The lowest BCUT2D eigenvalue weighted by Crippen LogP contribution is -1.98. The van der Waals surface area contributed by atoms with Gasteiger partial charge in [0.15, 0.2) is 0 Å². The lowest BCUT2D eigenvalue weighted by molar-refractivity contribution is 0.150. The molecule has 0 aliphatic heterocycles. The van der Waals surface area contributed by atoms with Crippen LogP contribution in [0.3, 0.4) is 0 Å². The lowest BCUT2D eigenvalue weighted by atomic mass is 10.2. The van der Waals surface area contributed by atoms with E-state index in [1.54, 1.807) is 0 Å². The van der Waals surface area contributed by atoms with Crippen LogP contribution in [-0.4, -0.2) is 4.98 Å². The number of rotatable bonds is 2. The monoisotopic (exact) mass is 337 g/mol. The summed E-state index contributed by atoms with van der Waals surface area (Å²) in [4.78, 5) is 3.72. The molecule has 0 unspecified atom stereocenters. The Morgan fingerprint density at radius 2 is 2.15 bits per heavy atom. The molecule has 0 aliphatic rings. The highest BCUT2D eigenvalue weighted by Crippen LogP contribution is 2.30. The summed E-state index contributed by atoms with van der Waals surface area (Å²) >= 11 is 12.9. The van der Waals surface area contributed by atoms with Gasteiger partial charge in [-0.05, 0) is 34.2 Å². The molecule has 0 fully saturated rings. The second-order valence-corrected chi connectivity index (χ2v) is 3.97. The third-order valence-corrected chi connectivity index (χ3v) is 2.56. The fourth-order valence-electron chi connectivity index (χ4n) is 0.881. The van der Waals surface area contributed by atoms with Crippen LogP contribution in [-0.2, 0) is 5.88 Å². The molecule has 1 heterocycles. The van der Waals surface area contributed by atoms with E-state index < -0.39 is 6.43 Å². The minimum absolute atomic E-state index is 0.0118. The van der Waals surface area contributed by atoms with Crippen LogP contribution in [0.1, 0.15) is 17.6 Å². The average molecular weight is 338 g/mol. The van der Waals surface area contributed by atoms with Gasteiger partial charge >= 0.3 is 0 Å². The zero-order valence-electron chi connectivity index (χ0n) is 6.20. The summed E-state index contributed by atoms with van der Waals surface area (Å²) in [5, 5.41) is -0.169. The van der Waals surface area contributed by atoms with Crippen LogP contribution in [0.4, 0.5) is 8.78 Å². The van der Waals surface area contributed by atoms with E-state index in [0.717, 1.165) is 0 Å². The van der Waals surface area contributed by atoms with Crippen LogP contribution in [0.25, 0.3) is 0 Å². The van der Waals surface area contributed by atoms with Crippen molar-refractivity contribution < 1.29 is 8.78 Å². The Labute approximate surface area is 97.6 Å². The summed E-state index contributed by atoms with van der Waals surface area (Å²) in [7, 11) is 0. The molecule has 1 aromatic heterocycles. The van der Waals surface area contributed by atoms with E-state index in [-0.39, 0.29) is 16.6 Å². The number of aromatic nitrogens is 1. The Kier molecular flexibility index (Phi) is 4.12. The summed E-state index contributed by atoms with van der Waals surface area (Å²) in [5.74, 6) is 0.0118. The van der Waals surface area contributed by atoms with E-state index in [1.165, 1.54) is 6.07 Å². The number of hydrogen-bond acceptors (Lipinski definition) is 1. The molecule has 0 saturated heterocycles. The van der Waals surface area contributed by atoms with Gasteiger partial charge in [0.05, 0.1) is 5.56 Å². The smallest absolute Gasteiger partial charge is 0.230 e. The van der Waals surface area contributed by atoms with Crippen LogP contribution in [0.15, 0.2) is 6.07 Å². The van der Waals surface area contributed by atoms with Gasteiger partial charge in [0, 0.05) is 5.88 Å². The van der Waals surface area contributed by atoms with E-state index in [2.05, 4.69) is 4.98 Å². The maximum atomic E-state index is 12.4. The topological polar surface area (TPSA) is 12.9 Å². The van der Waals surface area contributed by atoms with Crippen LogP contribution in [0.2, 0.25) is 5.15 Å². The standard InChI is InChI=1S/C7H4Cl2F2IN/c8-2-3-1-4(12)13-6(9)5(3)7(10)11/h1,7H,2H2. The number of halogens is 5. The van der Waals surface area contributed by atoms with Crippen molar-refractivity contribution >= 4 is 45.8 Å². The normalized spacial score (nSPS) is 10.9. The van der Waals surface area contributed by atoms with Gasteiger partial charge in [0.2, 0.25) is 0 Å². The molecule has 0 aliphatic carbocycles. The number of alkyl halides is 3. The molecule has 1 nitrogen and oxygen atoms in total. The minimum atomic E-state index is -2.63. The van der Waals surface area contributed by atoms with Crippen LogP contribution in [0.5, 0.6) is 0 Å². The van der Waals surface area contributed by atoms with Crippen LogP contribution in [0, 0.1) is 3.70 Å². The molecule has 0 amide bonds. The van der Waals surface area contributed by atoms with Crippen molar-refractivity contribution in [3.63, 3.8) is 0 Å². The molecule has 0 atom stereocenters. The first-order valence-electron chi connectivity index (χ1n) is 3.25. The quantitative estimate of drug-likeness (QED) is 0.451. The second-order valence-electron chi connectivity index (χ2n) is 2.24. The second kappa shape index (κ2) is 4.70. The summed E-state index contributed by atoms with van der Waals surface area (Å²) < 4.78 is 25.4. The number of pyridine rings is 1. The van der Waals surface area contributed by atoms with Crippen molar-refractivity contribution in [3.05, 3.63) is 26.0 Å². The average Bonchev–Trinajstić information content (AvgIpc) is 2.01. The number of hydrogen-bond donors (Lipinski definition) is 0. The van der Waals surface area contributed by atoms with Gasteiger partial charge in [-0.15, -0.1) is 11.6 Å². The van der Waals surface area contributed by atoms with E-state index >= 15 is 0 Å². The molecule has 13 heavy (non-hydrogen) atoms. The van der Waals surface area contributed by atoms with Gasteiger partial charge in [-0.2, -0.15) is 0 Å². The van der Waals surface area contributed by atoms with Crippen molar-refractivity contribution in [3.8, 4) is 0 Å². The number of nitrogens with zero attached hydrogens (tertiary/aromatic N) is 1. The highest BCUT2D eigenvalue weighted by molar-refractivity contribution is 14.1. The highest BCUT2D eigenvalue weighted by Gasteiger charge is 2.18. The molecular formula is C7H4Cl2F2IN. The van der Waals surface area contributed by atoms with Gasteiger partial charge in [-0.1, -0.05) is 11.6 Å². The Morgan fingerprint density at radius 1 is 1.54 bits per heavy atom. The lowest BCUT2D eigenvalue weighted by Gasteiger charge is -2.07. The predicted molar refractivity (Wildman–Crippen MR) is 56.5 cm³/mol. The van der Waals surface area contributed by atoms with Crippen molar-refractivity contribution in [2.45, 2.75) is 12.3 Å². The maximum Gasteiger partial charge on any atom is 0.267 e. The summed E-state index contributed by atoms with van der Waals surface area (Å²) in [6, 6.07) is 1.50. The third kappa shape index (κ3) is 2.63. The van der Waals surface area contributed by atoms with Gasteiger partial charge in [-0.25, -0.2) is 13.8 Å². The van der Waals surface area contributed by atoms with Crippen molar-refractivity contribution in [2.24, 2.45) is 0 Å². The van der Waals surface area contributed by atoms with E-state index in [1.807, 2.05) is 22.6 Å². The van der Waals surface area contributed by atoms with Gasteiger partial charge in [0.1, 0.15) is 8.85 Å². The van der Waals surface area contributed by atoms with Crippen molar-refractivity contribution in [2.75, 3.05) is 0 Å². The van der Waals surface area contributed by atoms with Crippen molar-refractivity contribution in [1.82, 2.24) is 4.98 Å². The minimum Gasteiger partial charge on any atom is -0.230 e. The Bertz CT molecular complexity index is 320. The fourth-order valence-corrected chi connectivity index (χ4v) is 2.16. The van der Waals surface area contributed by atoms with E-state index in [9.17, 15) is 8.78 Å². The molecule has 0 radical (unpaired) electrons. The van der Waals surface area contributed by atoms with Gasteiger partial charge in [-0.3, -0.25) is 0 Å². The largest absolute Gasteiger partial charge is 0.267 e. The first-order chi connectivity index (χ1) is 6.06. The Hall–Kier alpha value is 0.320. The first-order valence-corrected chi connectivity index (χ1v) is 5.24. The fraction of sp³-hybridized carbons (Fsp3) is 0.286. The van der Waals surface area contributed by atoms with E-state index in [0.29, 0.717) is 9.26 Å². The van der Waals surface area contributed by atoms with Crippen LogP contribution >= 0.6 is 45.8 Å². The summed E-state index contributed by atoms with van der Waals surface area (Å²) in [5.41, 5.74) is 0.0677. The molecule has 0 aromatic carbocycles. The van der Waals surface area contributed by atoms with E-state index in [4.69, 9.17) is 23.2 Å². The van der Waals surface area contributed by atoms with Gasteiger partial charge in [0.25, 0.3) is 6.43 Å². The summed E-state index contributed by atoms with van der Waals surface area (Å²) in [6.45, 7) is 0. The first kappa shape index (κ1) is 11.4. The molecule has 1 aromatic rings.